The number of benzene rings is 1. The molecule has 1 heterocycles. The summed E-state index contributed by atoms with van der Waals surface area (Å²) in [5, 5.41) is 0. The smallest absolute Gasteiger partial charge is 0.0956 e. The third-order valence-corrected chi connectivity index (χ3v) is 3.42. The first-order chi connectivity index (χ1) is 6.41. The summed E-state index contributed by atoms with van der Waals surface area (Å²) in [7, 11) is 0. The van der Waals surface area contributed by atoms with Crippen molar-refractivity contribution in [2.75, 3.05) is 6.61 Å². The van der Waals surface area contributed by atoms with Gasteiger partial charge in [0, 0.05) is 6.42 Å². The fourth-order valence-electron chi connectivity index (χ4n) is 2.64. The van der Waals surface area contributed by atoms with Crippen molar-refractivity contribution in [1.82, 2.24) is 0 Å². The Hall–Kier alpha value is -0.820. The van der Waals surface area contributed by atoms with Gasteiger partial charge in [0.2, 0.25) is 0 Å². The zero-order valence-electron chi connectivity index (χ0n) is 7.75. The van der Waals surface area contributed by atoms with Crippen molar-refractivity contribution in [2.24, 2.45) is 0 Å². The Balaban J connectivity index is 2.11. The summed E-state index contributed by atoms with van der Waals surface area (Å²) >= 11 is 0. The van der Waals surface area contributed by atoms with Crippen molar-refractivity contribution in [1.29, 1.82) is 0 Å². The number of aryl methyl sites for hydroxylation is 1. The first-order valence-electron chi connectivity index (χ1n) is 5.13. The zero-order chi connectivity index (χ0) is 8.73. The highest BCUT2D eigenvalue weighted by Crippen LogP contribution is 2.46. The fourth-order valence-corrected chi connectivity index (χ4v) is 2.64. The molecule has 1 nitrogen and oxygen atoms in total. The van der Waals surface area contributed by atoms with Crippen molar-refractivity contribution < 1.29 is 4.74 Å². The molecule has 1 saturated heterocycles. The molecule has 1 heteroatoms. The van der Waals surface area contributed by atoms with Gasteiger partial charge in [-0.2, -0.15) is 0 Å². The molecule has 0 radical (unpaired) electrons. The number of hydrogen-bond donors (Lipinski definition) is 0. The maximum absolute atomic E-state index is 5.79. The van der Waals surface area contributed by atoms with Crippen LogP contribution in [0.4, 0.5) is 0 Å². The van der Waals surface area contributed by atoms with E-state index in [1.54, 1.807) is 0 Å². The molecular weight excluding hydrogens is 160 g/mol. The minimum atomic E-state index is 0.134. The van der Waals surface area contributed by atoms with Crippen LogP contribution in [0.15, 0.2) is 24.3 Å². The number of rotatable bonds is 0. The predicted octanol–water partition coefficient (Wildman–Crippen LogP) is 2.64. The summed E-state index contributed by atoms with van der Waals surface area (Å²) in [6, 6.07) is 8.76. The molecule has 0 bridgehead atoms. The quantitative estimate of drug-likeness (QED) is 0.587. The van der Waals surface area contributed by atoms with Crippen molar-refractivity contribution >= 4 is 0 Å². The van der Waals surface area contributed by atoms with Gasteiger partial charge in [-0.15, -0.1) is 0 Å². The molecule has 1 unspecified atom stereocenters. The van der Waals surface area contributed by atoms with Gasteiger partial charge < -0.3 is 4.74 Å². The molecule has 1 fully saturated rings. The molecule has 1 atom stereocenters. The second-order valence-electron chi connectivity index (χ2n) is 4.10. The van der Waals surface area contributed by atoms with Crippen molar-refractivity contribution in [3.63, 3.8) is 0 Å². The molecule has 1 aliphatic carbocycles. The fraction of sp³-hybridized carbons (Fsp3) is 0.500. The Morgan fingerprint density at radius 1 is 1.15 bits per heavy atom. The molecule has 1 spiro atoms. The van der Waals surface area contributed by atoms with Gasteiger partial charge in [-0.1, -0.05) is 24.3 Å². The summed E-state index contributed by atoms with van der Waals surface area (Å²) in [5.74, 6) is 0. The molecular formula is C12H14O. The number of hydrogen-bond acceptors (Lipinski definition) is 1. The average molecular weight is 174 g/mol. The van der Waals surface area contributed by atoms with Gasteiger partial charge in [0.25, 0.3) is 0 Å². The van der Waals surface area contributed by atoms with Crippen LogP contribution in [-0.2, 0) is 16.8 Å². The highest BCUT2D eigenvalue weighted by Gasteiger charge is 2.42. The van der Waals surface area contributed by atoms with Gasteiger partial charge in [0.05, 0.1) is 12.2 Å². The highest BCUT2D eigenvalue weighted by molar-refractivity contribution is 5.35. The second-order valence-corrected chi connectivity index (χ2v) is 4.10. The Morgan fingerprint density at radius 2 is 2.00 bits per heavy atom. The summed E-state index contributed by atoms with van der Waals surface area (Å²) < 4.78 is 5.79. The van der Waals surface area contributed by atoms with Gasteiger partial charge in [-0.3, -0.25) is 0 Å². The Labute approximate surface area is 78.7 Å². The molecule has 1 aliphatic heterocycles. The van der Waals surface area contributed by atoms with E-state index in [1.807, 2.05) is 0 Å². The minimum absolute atomic E-state index is 0.134. The average Bonchev–Trinajstić information content (AvgIpc) is 2.14. The highest BCUT2D eigenvalue weighted by atomic mass is 16.5. The predicted molar refractivity (Wildman–Crippen MR) is 51.6 cm³/mol. The SMILES string of the molecule is c1ccc2c(c1)CCCC21CCO1. The summed E-state index contributed by atoms with van der Waals surface area (Å²) in [4.78, 5) is 0. The lowest BCUT2D eigenvalue weighted by Gasteiger charge is -2.46. The molecule has 13 heavy (non-hydrogen) atoms. The van der Waals surface area contributed by atoms with E-state index in [2.05, 4.69) is 24.3 Å². The van der Waals surface area contributed by atoms with Crippen LogP contribution in [0.5, 0.6) is 0 Å². The van der Waals surface area contributed by atoms with Crippen LogP contribution in [0, 0.1) is 0 Å². The Morgan fingerprint density at radius 3 is 2.77 bits per heavy atom. The lowest BCUT2D eigenvalue weighted by atomic mass is 9.75. The monoisotopic (exact) mass is 174 g/mol. The van der Waals surface area contributed by atoms with Gasteiger partial charge >= 0.3 is 0 Å². The molecule has 0 amide bonds. The van der Waals surface area contributed by atoms with Crippen LogP contribution in [0.3, 0.4) is 0 Å². The molecule has 0 saturated carbocycles. The molecule has 68 valence electrons. The lowest BCUT2D eigenvalue weighted by Crippen LogP contribution is -2.43. The van der Waals surface area contributed by atoms with Crippen LogP contribution >= 0.6 is 0 Å². The van der Waals surface area contributed by atoms with E-state index in [4.69, 9.17) is 4.74 Å². The summed E-state index contributed by atoms with van der Waals surface area (Å²) in [6.45, 7) is 0.953. The molecule has 0 aromatic heterocycles. The maximum Gasteiger partial charge on any atom is 0.0956 e. The van der Waals surface area contributed by atoms with Crippen molar-refractivity contribution in [2.45, 2.75) is 31.3 Å². The van der Waals surface area contributed by atoms with Crippen LogP contribution in [0.2, 0.25) is 0 Å². The van der Waals surface area contributed by atoms with E-state index in [1.165, 1.54) is 36.8 Å². The van der Waals surface area contributed by atoms with Crippen LogP contribution in [0.25, 0.3) is 0 Å². The van der Waals surface area contributed by atoms with Gasteiger partial charge in [-0.25, -0.2) is 0 Å². The van der Waals surface area contributed by atoms with Crippen molar-refractivity contribution in [3.05, 3.63) is 35.4 Å². The first kappa shape index (κ1) is 7.57. The molecule has 0 N–H and O–H groups in total. The molecule has 2 aliphatic rings. The minimum Gasteiger partial charge on any atom is -0.370 e. The number of fused-ring (bicyclic) bond motifs is 2. The standard InChI is InChI=1S/C12H14O/c1-2-6-11-10(4-1)5-3-7-12(11)8-9-13-12/h1-2,4,6H,3,5,7-9H2. The van der Waals surface area contributed by atoms with Crippen molar-refractivity contribution in [3.8, 4) is 0 Å². The lowest BCUT2D eigenvalue weighted by molar-refractivity contribution is -0.163. The van der Waals surface area contributed by atoms with E-state index >= 15 is 0 Å². The molecule has 1 aromatic carbocycles. The van der Waals surface area contributed by atoms with Gasteiger partial charge in [-0.05, 0) is 30.4 Å². The maximum atomic E-state index is 5.79. The zero-order valence-corrected chi connectivity index (χ0v) is 7.75. The first-order valence-corrected chi connectivity index (χ1v) is 5.13. The van der Waals surface area contributed by atoms with E-state index in [0.29, 0.717) is 0 Å². The van der Waals surface area contributed by atoms with Gasteiger partial charge in [0.1, 0.15) is 0 Å². The third-order valence-electron chi connectivity index (χ3n) is 3.42. The van der Waals surface area contributed by atoms with Crippen LogP contribution in [-0.4, -0.2) is 6.61 Å². The van der Waals surface area contributed by atoms with Crippen LogP contribution < -0.4 is 0 Å². The topological polar surface area (TPSA) is 9.23 Å². The van der Waals surface area contributed by atoms with E-state index in [0.717, 1.165) is 6.61 Å². The van der Waals surface area contributed by atoms with E-state index in [9.17, 15) is 0 Å². The van der Waals surface area contributed by atoms with E-state index < -0.39 is 0 Å². The largest absolute Gasteiger partial charge is 0.370 e. The van der Waals surface area contributed by atoms with Crippen LogP contribution in [0.1, 0.15) is 30.4 Å². The Kier molecular flexibility index (Phi) is 1.50. The summed E-state index contributed by atoms with van der Waals surface area (Å²) in [5.41, 5.74) is 3.11. The molecule has 1 aromatic rings. The second kappa shape index (κ2) is 2.58. The Bertz CT molecular complexity index is 326. The van der Waals surface area contributed by atoms with E-state index in [-0.39, 0.29) is 5.60 Å². The number of ether oxygens (including phenoxy) is 1. The summed E-state index contributed by atoms with van der Waals surface area (Å²) in [6.07, 6.45) is 4.98. The molecule has 3 rings (SSSR count). The van der Waals surface area contributed by atoms with Gasteiger partial charge in [0.15, 0.2) is 0 Å². The third kappa shape index (κ3) is 0.969. The normalized spacial score (nSPS) is 31.1.